The van der Waals surface area contributed by atoms with Crippen LogP contribution in [0.5, 0.6) is 0 Å². The SMILES string of the molecule is C1=CC2=Cc3oc4ccc(-c5ccccc5N(c5cccc(-c6ccccc6)c5)c5cc6ccccc6c6ccccc56)cc4c3CC2C=C1. The Balaban J connectivity index is 1.21. The Morgan fingerprint density at radius 3 is 2.24 bits per heavy atom. The van der Waals surface area contributed by atoms with E-state index >= 15 is 0 Å². The van der Waals surface area contributed by atoms with Crippen LogP contribution in [-0.2, 0) is 6.42 Å². The Bertz CT molecular complexity index is 2690. The van der Waals surface area contributed by atoms with E-state index in [2.05, 4.69) is 187 Å². The average Bonchev–Trinajstić information content (AvgIpc) is 3.54. The lowest BCUT2D eigenvalue weighted by Crippen LogP contribution is -2.12. The third kappa shape index (κ3) is 4.72. The highest BCUT2D eigenvalue weighted by Crippen LogP contribution is 2.47. The third-order valence-corrected chi connectivity index (χ3v) is 10.4. The smallest absolute Gasteiger partial charge is 0.135 e. The van der Waals surface area contributed by atoms with E-state index in [1.807, 2.05) is 0 Å². The molecule has 0 amide bonds. The zero-order valence-corrected chi connectivity index (χ0v) is 27.5. The monoisotopic (exact) mass is 639 g/mol. The second kappa shape index (κ2) is 11.6. The number of nitrogens with zero attached hydrogens (tertiary/aromatic N) is 1. The van der Waals surface area contributed by atoms with E-state index in [0.29, 0.717) is 5.92 Å². The van der Waals surface area contributed by atoms with E-state index < -0.39 is 0 Å². The second-order valence-electron chi connectivity index (χ2n) is 13.3. The van der Waals surface area contributed by atoms with Gasteiger partial charge in [-0.15, -0.1) is 0 Å². The summed E-state index contributed by atoms with van der Waals surface area (Å²) in [6.07, 6.45) is 12.0. The van der Waals surface area contributed by atoms with Crippen molar-refractivity contribution in [3.05, 3.63) is 193 Å². The molecule has 1 heterocycles. The molecule has 50 heavy (non-hydrogen) atoms. The lowest BCUT2D eigenvalue weighted by atomic mass is 9.83. The molecule has 0 N–H and O–H groups in total. The number of anilines is 3. The minimum Gasteiger partial charge on any atom is -0.456 e. The van der Waals surface area contributed by atoms with Gasteiger partial charge in [0.2, 0.25) is 0 Å². The molecule has 0 saturated heterocycles. The lowest BCUT2D eigenvalue weighted by molar-refractivity contribution is 0.586. The third-order valence-electron chi connectivity index (χ3n) is 10.4. The summed E-state index contributed by atoms with van der Waals surface area (Å²) in [4.78, 5) is 2.46. The molecule has 2 aliphatic rings. The van der Waals surface area contributed by atoms with Gasteiger partial charge in [-0.05, 0) is 87.3 Å². The number of furan rings is 1. The molecule has 8 aromatic rings. The average molecular weight is 640 g/mol. The molecular weight excluding hydrogens is 607 g/mol. The number of benzene rings is 7. The van der Waals surface area contributed by atoms with E-state index in [1.165, 1.54) is 60.3 Å². The van der Waals surface area contributed by atoms with Crippen molar-refractivity contribution in [1.29, 1.82) is 0 Å². The molecule has 236 valence electrons. The highest BCUT2D eigenvalue weighted by molar-refractivity contribution is 6.15. The van der Waals surface area contributed by atoms with Gasteiger partial charge in [-0.3, -0.25) is 0 Å². The normalized spacial score (nSPS) is 14.9. The minimum atomic E-state index is 0.387. The fourth-order valence-electron chi connectivity index (χ4n) is 7.97. The number of fused-ring (bicyclic) bond motifs is 7. The van der Waals surface area contributed by atoms with Crippen LogP contribution in [0, 0.1) is 5.92 Å². The lowest BCUT2D eigenvalue weighted by Gasteiger charge is -2.30. The molecule has 2 aliphatic carbocycles. The summed E-state index contributed by atoms with van der Waals surface area (Å²) in [6, 6.07) is 55.0. The van der Waals surface area contributed by atoms with E-state index in [0.717, 1.165) is 34.8 Å². The summed E-state index contributed by atoms with van der Waals surface area (Å²) < 4.78 is 6.45. The Morgan fingerprint density at radius 2 is 1.32 bits per heavy atom. The molecule has 10 rings (SSSR count). The molecule has 0 saturated carbocycles. The first-order chi connectivity index (χ1) is 24.8. The van der Waals surface area contributed by atoms with Crippen molar-refractivity contribution in [2.75, 3.05) is 4.90 Å². The van der Waals surface area contributed by atoms with Gasteiger partial charge < -0.3 is 9.32 Å². The van der Waals surface area contributed by atoms with Gasteiger partial charge in [0.25, 0.3) is 0 Å². The van der Waals surface area contributed by atoms with Crippen molar-refractivity contribution in [1.82, 2.24) is 0 Å². The predicted octanol–water partition coefficient (Wildman–Crippen LogP) is 13.2. The van der Waals surface area contributed by atoms with Crippen LogP contribution in [0.25, 0.3) is 60.8 Å². The van der Waals surface area contributed by atoms with Crippen LogP contribution in [0.4, 0.5) is 17.1 Å². The molecule has 0 bridgehead atoms. The van der Waals surface area contributed by atoms with Gasteiger partial charge >= 0.3 is 0 Å². The first kappa shape index (κ1) is 28.6. The molecule has 0 spiro atoms. The largest absolute Gasteiger partial charge is 0.456 e. The number of hydrogen-bond donors (Lipinski definition) is 0. The number of allylic oxidation sites excluding steroid dienone is 5. The Morgan fingerprint density at radius 1 is 0.540 bits per heavy atom. The van der Waals surface area contributed by atoms with Gasteiger partial charge in [0.15, 0.2) is 0 Å². The van der Waals surface area contributed by atoms with Gasteiger partial charge in [0.1, 0.15) is 11.3 Å². The van der Waals surface area contributed by atoms with E-state index in [4.69, 9.17) is 4.42 Å². The van der Waals surface area contributed by atoms with Crippen LogP contribution in [0.15, 0.2) is 186 Å². The zero-order chi connectivity index (χ0) is 33.0. The summed E-state index contributed by atoms with van der Waals surface area (Å²) in [5, 5.41) is 6.12. The molecule has 0 radical (unpaired) electrons. The topological polar surface area (TPSA) is 16.4 Å². The fourth-order valence-corrected chi connectivity index (χ4v) is 7.97. The number of hydrogen-bond acceptors (Lipinski definition) is 2. The summed E-state index contributed by atoms with van der Waals surface area (Å²) >= 11 is 0. The van der Waals surface area contributed by atoms with Gasteiger partial charge in [-0.1, -0.05) is 140 Å². The molecule has 1 atom stereocenters. The molecule has 0 fully saturated rings. The number of para-hydroxylation sites is 1. The second-order valence-corrected chi connectivity index (χ2v) is 13.3. The molecule has 2 heteroatoms. The molecule has 1 aromatic heterocycles. The molecular formula is C48H33NO. The van der Waals surface area contributed by atoms with Crippen molar-refractivity contribution in [2.24, 2.45) is 5.92 Å². The van der Waals surface area contributed by atoms with Gasteiger partial charge in [0, 0.05) is 33.5 Å². The first-order valence-corrected chi connectivity index (χ1v) is 17.4. The van der Waals surface area contributed by atoms with Crippen LogP contribution in [0.3, 0.4) is 0 Å². The van der Waals surface area contributed by atoms with Gasteiger partial charge in [-0.25, -0.2) is 0 Å². The van der Waals surface area contributed by atoms with Crippen molar-refractivity contribution < 1.29 is 4.42 Å². The van der Waals surface area contributed by atoms with E-state index in [-0.39, 0.29) is 0 Å². The van der Waals surface area contributed by atoms with Crippen LogP contribution in [-0.4, -0.2) is 0 Å². The van der Waals surface area contributed by atoms with E-state index in [1.54, 1.807) is 0 Å². The quantitative estimate of drug-likeness (QED) is 0.174. The molecule has 0 aliphatic heterocycles. The fraction of sp³-hybridized carbons (Fsp3) is 0.0417. The van der Waals surface area contributed by atoms with Crippen LogP contribution in [0.1, 0.15) is 11.3 Å². The number of rotatable bonds is 5. The summed E-state index contributed by atoms with van der Waals surface area (Å²) in [7, 11) is 0. The highest BCUT2D eigenvalue weighted by Gasteiger charge is 2.26. The Labute approximate surface area is 291 Å². The Kier molecular flexibility index (Phi) is 6.67. The maximum atomic E-state index is 6.45. The van der Waals surface area contributed by atoms with Crippen molar-refractivity contribution in [3.63, 3.8) is 0 Å². The van der Waals surface area contributed by atoms with Crippen molar-refractivity contribution in [3.8, 4) is 22.3 Å². The van der Waals surface area contributed by atoms with Gasteiger partial charge in [0.05, 0.1) is 11.4 Å². The zero-order valence-electron chi connectivity index (χ0n) is 27.5. The van der Waals surface area contributed by atoms with Crippen molar-refractivity contribution >= 4 is 55.7 Å². The maximum absolute atomic E-state index is 6.45. The standard InChI is InChI=1S/C48H33NO/c1-2-13-32(14-3-1)33-18-12-19-38(27-33)49(46-30-36-17-6-7-20-39(36)41-22-8-9-23-42(41)46)45-24-11-10-21-40(45)37-25-26-47-43(29-37)44-28-34-15-4-5-16-35(34)31-48(44)50-47/h1-27,29-31,34H,28H2. The molecule has 1 unspecified atom stereocenters. The minimum absolute atomic E-state index is 0.387. The van der Waals surface area contributed by atoms with Gasteiger partial charge in [-0.2, -0.15) is 0 Å². The van der Waals surface area contributed by atoms with Crippen molar-refractivity contribution in [2.45, 2.75) is 6.42 Å². The van der Waals surface area contributed by atoms with Crippen LogP contribution in [0.2, 0.25) is 0 Å². The van der Waals surface area contributed by atoms with Crippen LogP contribution >= 0.6 is 0 Å². The Hall–Kier alpha value is -6.38. The summed E-state index contributed by atoms with van der Waals surface area (Å²) in [5.74, 6) is 1.37. The first-order valence-electron chi connectivity index (χ1n) is 17.4. The van der Waals surface area contributed by atoms with Crippen LogP contribution < -0.4 is 4.90 Å². The highest BCUT2D eigenvalue weighted by atomic mass is 16.3. The molecule has 7 aromatic carbocycles. The maximum Gasteiger partial charge on any atom is 0.135 e. The summed E-state index contributed by atoms with van der Waals surface area (Å²) in [5.41, 5.74) is 11.6. The predicted molar refractivity (Wildman–Crippen MR) is 210 cm³/mol. The molecule has 2 nitrogen and oxygen atoms in total. The van der Waals surface area contributed by atoms with E-state index in [9.17, 15) is 0 Å². The summed E-state index contributed by atoms with van der Waals surface area (Å²) in [6.45, 7) is 0.